The number of rotatable bonds is 7. The molecule has 0 unspecified atom stereocenters. The zero-order valence-electron chi connectivity index (χ0n) is 11.4. The van der Waals surface area contributed by atoms with Crippen LogP contribution in [-0.2, 0) is 20.8 Å². The molecule has 0 bridgehead atoms. The molecule has 1 heterocycles. The van der Waals surface area contributed by atoms with E-state index >= 15 is 0 Å². The summed E-state index contributed by atoms with van der Waals surface area (Å²) in [4.78, 5) is 23.2. The van der Waals surface area contributed by atoms with Crippen molar-refractivity contribution in [2.45, 2.75) is 13.5 Å². The van der Waals surface area contributed by atoms with Crippen molar-refractivity contribution >= 4 is 17.5 Å². The van der Waals surface area contributed by atoms with Gasteiger partial charge in [-0.3, -0.25) is 9.59 Å². The summed E-state index contributed by atoms with van der Waals surface area (Å²) in [5.41, 5.74) is 2.15. The van der Waals surface area contributed by atoms with Crippen molar-refractivity contribution in [1.82, 2.24) is 5.32 Å². The highest BCUT2D eigenvalue weighted by Gasteiger charge is 2.18. The van der Waals surface area contributed by atoms with Crippen LogP contribution in [0.4, 0.5) is 5.69 Å². The first-order valence-electron chi connectivity index (χ1n) is 6.57. The normalized spacial score (nSPS) is 12.9. The van der Waals surface area contributed by atoms with E-state index in [0.29, 0.717) is 37.6 Å². The highest BCUT2D eigenvalue weighted by atomic mass is 16.5. The van der Waals surface area contributed by atoms with E-state index < -0.39 is 0 Å². The molecule has 1 aromatic rings. The van der Waals surface area contributed by atoms with Crippen molar-refractivity contribution in [3.63, 3.8) is 0 Å². The first-order chi connectivity index (χ1) is 9.70. The summed E-state index contributed by atoms with van der Waals surface area (Å²) in [6.45, 7) is 3.90. The second-order valence-corrected chi connectivity index (χ2v) is 4.35. The molecule has 1 aromatic carbocycles. The number of hydrogen-bond donors (Lipinski definition) is 2. The molecule has 6 nitrogen and oxygen atoms in total. The van der Waals surface area contributed by atoms with Crippen LogP contribution in [0.15, 0.2) is 18.2 Å². The molecule has 0 aromatic heterocycles. The molecule has 0 saturated heterocycles. The van der Waals surface area contributed by atoms with Crippen LogP contribution < -0.4 is 10.6 Å². The van der Waals surface area contributed by atoms with Gasteiger partial charge in [-0.15, -0.1) is 0 Å². The van der Waals surface area contributed by atoms with Gasteiger partial charge in [0.25, 0.3) is 5.91 Å². The molecule has 20 heavy (non-hydrogen) atoms. The Morgan fingerprint density at radius 1 is 1.35 bits per heavy atom. The Bertz CT molecular complexity index is 502. The van der Waals surface area contributed by atoms with Gasteiger partial charge in [-0.2, -0.15) is 0 Å². The van der Waals surface area contributed by atoms with Crippen LogP contribution >= 0.6 is 0 Å². The Morgan fingerprint density at radius 2 is 2.15 bits per heavy atom. The average Bonchev–Trinajstić information content (AvgIpc) is 2.80. The van der Waals surface area contributed by atoms with E-state index in [1.54, 1.807) is 12.1 Å². The van der Waals surface area contributed by atoms with E-state index in [1.807, 2.05) is 13.0 Å². The zero-order chi connectivity index (χ0) is 14.4. The molecular weight excluding hydrogens is 260 g/mol. The average molecular weight is 278 g/mol. The molecule has 2 rings (SSSR count). The standard InChI is InChI=1S/C14H18N2O4/c1-2-19-5-6-20-9-13(17)16-11-4-3-10-8-15-14(18)12(10)7-11/h3-4,7H,2,5-6,8-9H2,1H3,(H,15,18)(H,16,17). The van der Waals surface area contributed by atoms with Gasteiger partial charge in [0, 0.05) is 24.4 Å². The molecule has 1 aliphatic heterocycles. The minimum atomic E-state index is -0.250. The summed E-state index contributed by atoms with van der Waals surface area (Å²) in [6.07, 6.45) is 0. The van der Waals surface area contributed by atoms with Crippen LogP contribution in [-0.4, -0.2) is 38.2 Å². The number of carbonyl (C=O) groups is 2. The van der Waals surface area contributed by atoms with Crippen molar-refractivity contribution in [2.75, 3.05) is 31.7 Å². The molecule has 0 radical (unpaired) electrons. The third-order valence-corrected chi connectivity index (χ3v) is 2.89. The maximum absolute atomic E-state index is 11.6. The van der Waals surface area contributed by atoms with Gasteiger partial charge < -0.3 is 20.1 Å². The summed E-state index contributed by atoms with van der Waals surface area (Å²) < 4.78 is 10.3. The van der Waals surface area contributed by atoms with Gasteiger partial charge >= 0.3 is 0 Å². The summed E-state index contributed by atoms with van der Waals surface area (Å²) in [7, 11) is 0. The number of nitrogens with one attached hydrogen (secondary N) is 2. The Hall–Kier alpha value is -1.92. The first-order valence-corrected chi connectivity index (χ1v) is 6.57. The van der Waals surface area contributed by atoms with Crippen LogP contribution in [0.3, 0.4) is 0 Å². The number of anilines is 1. The first kappa shape index (κ1) is 14.5. The lowest BCUT2D eigenvalue weighted by molar-refractivity contribution is -0.121. The minimum Gasteiger partial charge on any atom is -0.379 e. The highest BCUT2D eigenvalue weighted by molar-refractivity contribution is 6.00. The van der Waals surface area contributed by atoms with Crippen LogP contribution in [0, 0.1) is 0 Å². The zero-order valence-corrected chi connectivity index (χ0v) is 11.4. The van der Waals surface area contributed by atoms with Crippen molar-refractivity contribution in [3.05, 3.63) is 29.3 Å². The molecule has 6 heteroatoms. The minimum absolute atomic E-state index is 0.0314. The van der Waals surface area contributed by atoms with Crippen LogP contribution in [0.2, 0.25) is 0 Å². The van der Waals surface area contributed by atoms with Gasteiger partial charge in [0.05, 0.1) is 13.2 Å². The second-order valence-electron chi connectivity index (χ2n) is 4.35. The van der Waals surface area contributed by atoms with E-state index in [-0.39, 0.29) is 18.4 Å². The number of amides is 2. The lowest BCUT2D eigenvalue weighted by Crippen LogP contribution is -2.20. The Kier molecular flexibility index (Phi) is 5.09. The van der Waals surface area contributed by atoms with Gasteiger partial charge in [-0.05, 0) is 24.6 Å². The Morgan fingerprint density at radius 3 is 2.95 bits per heavy atom. The molecule has 2 amide bonds. The van der Waals surface area contributed by atoms with E-state index in [2.05, 4.69) is 10.6 Å². The summed E-state index contributed by atoms with van der Waals surface area (Å²) in [5, 5.41) is 5.43. The number of fused-ring (bicyclic) bond motifs is 1. The molecule has 0 saturated carbocycles. The molecule has 108 valence electrons. The fourth-order valence-corrected chi connectivity index (χ4v) is 1.91. The Labute approximate surface area is 117 Å². The highest BCUT2D eigenvalue weighted by Crippen LogP contribution is 2.19. The van der Waals surface area contributed by atoms with E-state index in [9.17, 15) is 9.59 Å². The summed E-state index contributed by atoms with van der Waals surface area (Å²) >= 11 is 0. The monoisotopic (exact) mass is 278 g/mol. The maximum atomic E-state index is 11.6. The smallest absolute Gasteiger partial charge is 0.251 e. The van der Waals surface area contributed by atoms with Crippen LogP contribution in [0.25, 0.3) is 0 Å². The van der Waals surface area contributed by atoms with Gasteiger partial charge in [-0.1, -0.05) is 6.07 Å². The SMILES string of the molecule is CCOCCOCC(=O)Nc1ccc2c(c1)C(=O)NC2. The van der Waals surface area contributed by atoms with Gasteiger partial charge in [0.15, 0.2) is 0 Å². The molecular formula is C14H18N2O4. The van der Waals surface area contributed by atoms with Crippen molar-refractivity contribution < 1.29 is 19.1 Å². The third-order valence-electron chi connectivity index (χ3n) is 2.89. The number of ether oxygens (including phenoxy) is 2. The molecule has 2 N–H and O–H groups in total. The molecule has 0 spiro atoms. The maximum Gasteiger partial charge on any atom is 0.251 e. The topological polar surface area (TPSA) is 76.7 Å². The Balaban J connectivity index is 1.80. The second kappa shape index (κ2) is 7.02. The predicted octanol–water partition coefficient (Wildman–Crippen LogP) is 0.922. The van der Waals surface area contributed by atoms with Gasteiger partial charge in [0.2, 0.25) is 5.91 Å². The van der Waals surface area contributed by atoms with Crippen LogP contribution in [0.5, 0.6) is 0 Å². The third kappa shape index (κ3) is 3.79. The van der Waals surface area contributed by atoms with E-state index in [4.69, 9.17) is 9.47 Å². The quantitative estimate of drug-likeness (QED) is 0.727. The number of benzene rings is 1. The fourth-order valence-electron chi connectivity index (χ4n) is 1.91. The van der Waals surface area contributed by atoms with Crippen LogP contribution in [0.1, 0.15) is 22.8 Å². The number of carbonyl (C=O) groups excluding carboxylic acids is 2. The summed E-state index contributed by atoms with van der Waals surface area (Å²) in [6, 6.07) is 5.28. The lowest BCUT2D eigenvalue weighted by Gasteiger charge is -2.07. The van der Waals surface area contributed by atoms with Crippen molar-refractivity contribution in [3.8, 4) is 0 Å². The van der Waals surface area contributed by atoms with Crippen molar-refractivity contribution in [1.29, 1.82) is 0 Å². The molecule has 0 fully saturated rings. The molecule has 0 aliphatic carbocycles. The lowest BCUT2D eigenvalue weighted by atomic mass is 10.1. The number of hydrogen-bond acceptors (Lipinski definition) is 4. The van der Waals surface area contributed by atoms with Crippen molar-refractivity contribution in [2.24, 2.45) is 0 Å². The predicted molar refractivity (Wildman–Crippen MR) is 73.6 cm³/mol. The fraction of sp³-hybridized carbons (Fsp3) is 0.429. The van der Waals surface area contributed by atoms with E-state index in [1.165, 1.54) is 0 Å². The van der Waals surface area contributed by atoms with E-state index in [0.717, 1.165) is 5.56 Å². The molecule has 1 aliphatic rings. The van der Waals surface area contributed by atoms with Gasteiger partial charge in [-0.25, -0.2) is 0 Å². The summed E-state index contributed by atoms with van der Waals surface area (Å²) in [5.74, 6) is -0.357. The van der Waals surface area contributed by atoms with Gasteiger partial charge in [0.1, 0.15) is 6.61 Å². The largest absolute Gasteiger partial charge is 0.379 e. The molecule has 0 atom stereocenters.